The summed E-state index contributed by atoms with van der Waals surface area (Å²) in [6.07, 6.45) is 7.90. The van der Waals surface area contributed by atoms with Crippen LogP contribution in [0, 0.1) is 5.92 Å². The number of hydrogen-bond donors (Lipinski definition) is 1. The number of piperidine rings is 1. The molecule has 2 aliphatic rings. The topological polar surface area (TPSA) is 50.3 Å². The minimum atomic E-state index is 0.695. The SMILES string of the molecule is CCCOc1cc(N2CCCC(CNC3CC3)C2)ncn1. The minimum absolute atomic E-state index is 0.695. The monoisotopic (exact) mass is 290 g/mol. The zero-order valence-electron chi connectivity index (χ0n) is 12.9. The first kappa shape index (κ1) is 14.6. The lowest BCUT2D eigenvalue weighted by Crippen LogP contribution is -2.40. The van der Waals surface area contributed by atoms with Crippen molar-refractivity contribution in [2.24, 2.45) is 5.92 Å². The molecule has 1 unspecified atom stereocenters. The molecule has 1 aromatic rings. The van der Waals surface area contributed by atoms with E-state index in [2.05, 4.69) is 27.1 Å². The van der Waals surface area contributed by atoms with Gasteiger partial charge in [-0.15, -0.1) is 0 Å². The Morgan fingerprint density at radius 2 is 2.24 bits per heavy atom. The van der Waals surface area contributed by atoms with Crippen molar-refractivity contribution in [3.8, 4) is 5.88 Å². The molecule has 0 radical (unpaired) electrons. The maximum absolute atomic E-state index is 5.61. The van der Waals surface area contributed by atoms with E-state index in [1.807, 2.05) is 6.07 Å². The average molecular weight is 290 g/mol. The van der Waals surface area contributed by atoms with E-state index in [4.69, 9.17) is 4.74 Å². The number of ether oxygens (including phenoxy) is 1. The number of nitrogens with zero attached hydrogens (tertiary/aromatic N) is 3. The van der Waals surface area contributed by atoms with E-state index in [9.17, 15) is 0 Å². The molecule has 1 saturated heterocycles. The van der Waals surface area contributed by atoms with Crippen LogP contribution in [-0.4, -0.2) is 42.3 Å². The first-order chi connectivity index (χ1) is 10.3. The van der Waals surface area contributed by atoms with E-state index in [1.165, 1.54) is 25.7 Å². The van der Waals surface area contributed by atoms with Crippen LogP contribution in [0.4, 0.5) is 5.82 Å². The molecule has 1 saturated carbocycles. The van der Waals surface area contributed by atoms with Gasteiger partial charge in [-0.2, -0.15) is 0 Å². The Kier molecular flexibility index (Phi) is 4.91. The van der Waals surface area contributed by atoms with E-state index in [0.717, 1.165) is 43.8 Å². The Balaban J connectivity index is 1.56. The van der Waals surface area contributed by atoms with Crippen LogP contribution in [0.2, 0.25) is 0 Å². The lowest BCUT2D eigenvalue weighted by molar-refractivity contribution is 0.304. The molecule has 1 atom stereocenters. The van der Waals surface area contributed by atoms with E-state index in [-0.39, 0.29) is 0 Å². The Bertz CT molecular complexity index is 450. The lowest BCUT2D eigenvalue weighted by atomic mass is 9.98. The molecule has 116 valence electrons. The van der Waals surface area contributed by atoms with Crippen LogP contribution >= 0.6 is 0 Å². The summed E-state index contributed by atoms with van der Waals surface area (Å²) in [6, 6.07) is 2.78. The van der Waals surface area contributed by atoms with Crippen molar-refractivity contribution in [1.29, 1.82) is 0 Å². The van der Waals surface area contributed by atoms with Crippen molar-refractivity contribution in [3.63, 3.8) is 0 Å². The van der Waals surface area contributed by atoms with Gasteiger partial charge in [0.15, 0.2) is 0 Å². The molecule has 0 aromatic carbocycles. The Labute approximate surface area is 127 Å². The third kappa shape index (κ3) is 4.30. The van der Waals surface area contributed by atoms with Gasteiger partial charge in [-0.3, -0.25) is 0 Å². The number of nitrogens with one attached hydrogen (secondary N) is 1. The van der Waals surface area contributed by atoms with Crippen molar-refractivity contribution < 1.29 is 4.74 Å². The molecular weight excluding hydrogens is 264 g/mol. The predicted octanol–water partition coefficient (Wildman–Crippen LogP) is 2.23. The molecule has 2 fully saturated rings. The highest BCUT2D eigenvalue weighted by molar-refractivity contribution is 5.41. The third-order valence-electron chi connectivity index (χ3n) is 4.20. The number of aromatic nitrogens is 2. The smallest absolute Gasteiger partial charge is 0.218 e. The Morgan fingerprint density at radius 1 is 1.33 bits per heavy atom. The van der Waals surface area contributed by atoms with Gasteiger partial charge < -0.3 is 15.0 Å². The highest BCUT2D eigenvalue weighted by atomic mass is 16.5. The van der Waals surface area contributed by atoms with Crippen molar-refractivity contribution in [1.82, 2.24) is 15.3 Å². The summed E-state index contributed by atoms with van der Waals surface area (Å²) in [4.78, 5) is 11.0. The van der Waals surface area contributed by atoms with E-state index < -0.39 is 0 Å². The molecule has 1 N–H and O–H groups in total. The fourth-order valence-corrected chi connectivity index (χ4v) is 2.85. The van der Waals surface area contributed by atoms with Crippen LogP contribution in [0.3, 0.4) is 0 Å². The first-order valence-electron chi connectivity index (χ1n) is 8.28. The van der Waals surface area contributed by atoms with Crippen LogP contribution in [-0.2, 0) is 0 Å². The quantitative estimate of drug-likeness (QED) is 0.834. The van der Waals surface area contributed by atoms with Gasteiger partial charge in [0.05, 0.1) is 6.61 Å². The second kappa shape index (κ2) is 7.07. The molecule has 2 heterocycles. The van der Waals surface area contributed by atoms with Gasteiger partial charge >= 0.3 is 0 Å². The minimum Gasteiger partial charge on any atom is -0.478 e. The van der Waals surface area contributed by atoms with Gasteiger partial charge in [0.1, 0.15) is 12.1 Å². The largest absolute Gasteiger partial charge is 0.478 e. The van der Waals surface area contributed by atoms with Crippen molar-refractivity contribution in [2.45, 2.75) is 45.1 Å². The van der Waals surface area contributed by atoms with Gasteiger partial charge in [-0.1, -0.05) is 6.92 Å². The summed E-state index contributed by atoms with van der Waals surface area (Å²) >= 11 is 0. The maximum atomic E-state index is 5.61. The van der Waals surface area contributed by atoms with E-state index in [0.29, 0.717) is 12.5 Å². The van der Waals surface area contributed by atoms with Crippen LogP contribution in [0.1, 0.15) is 39.0 Å². The number of rotatable bonds is 7. The molecule has 5 nitrogen and oxygen atoms in total. The summed E-state index contributed by atoms with van der Waals surface area (Å²) < 4.78 is 5.61. The molecule has 0 spiro atoms. The highest BCUT2D eigenvalue weighted by Gasteiger charge is 2.25. The van der Waals surface area contributed by atoms with Crippen LogP contribution < -0.4 is 15.0 Å². The predicted molar refractivity (Wildman–Crippen MR) is 83.8 cm³/mol. The van der Waals surface area contributed by atoms with Crippen LogP contribution in [0.5, 0.6) is 5.88 Å². The fourth-order valence-electron chi connectivity index (χ4n) is 2.85. The molecule has 5 heteroatoms. The van der Waals surface area contributed by atoms with Crippen LogP contribution in [0.25, 0.3) is 0 Å². The molecule has 1 aliphatic carbocycles. The van der Waals surface area contributed by atoms with Crippen LogP contribution in [0.15, 0.2) is 12.4 Å². The Hall–Kier alpha value is -1.36. The normalized spacial score (nSPS) is 22.3. The van der Waals surface area contributed by atoms with E-state index in [1.54, 1.807) is 6.33 Å². The zero-order valence-corrected chi connectivity index (χ0v) is 12.9. The molecule has 0 bridgehead atoms. The van der Waals surface area contributed by atoms with Crippen molar-refractivity contribution in [3.05, 3.63) is 12.4 Å². The van der Waals surface area contributed by atoms with Crippen molar-refractivity contribution >= 4 is 5.82 Å². The second-order valence-electron chi connectivity index (χ2n) is 6.20. The molecule has 1 aromatic heterocycles. The van der Waals surface area contributed by atoms with Gasteiger partial charge in [0, 0.05) is 25.2 Å². The van der Waals surface area contributed by atoms with Crippen molar-refractivity contribution in [2.75, 3.05) is 31.1 Å². The maximum Gasteiger partial charge on any atom is 0.218 e. The standard InChI is InChI=1S/C16H26N4O/c1-2-8-21-16-9-15(18-12-19-16)20-7-3-4-13(11-20)10-17-14-5-6-14/h9,12-14,17H,2-8,10-11H2,1H3. The molecule has 1 aliphatic heterocycles. The fraction of sp³-hybridized carbons (Fsp3) is 0.750. The third-order valence-corrected chi connectivity index (χ3v) is 4.20. The summed E-state index contributed by atoms with van der Waals surface area (Å²) in [6.45, 7) is 6.13. The number of hydrogen-bond acceptors (Lipinski definition) is 5. The molecule has 21 heavy (non-hydrogen) atoms. The van der Waals surface area contributed by atoms with Gasteiger partial charge in [-0.25, -0.2) is 9.97 Å². The lowest BCUT2D eigenvalue weighted by Gasteiger charge is -2.33. The molecular formula is C16H26N4O. The molecule has 3 rings (SSSR count). The van der Waals surface area contributed by atoms with Gasteiger partial charge in [0.25, 0.3) is 0 Å². The van der Waals surface area contributed by atoms with E-state index >= 15 is 0 Å². The zero-order chi connectivity index (χ0) is 14.5. The van der Waals surface area contributed by atoms with Gasteiger partial charge in [-0.05, 0) is 44.6 Å². The summed E-state index contributed by atoms with van der Waals surface area (Å²) in [5.74, 6) is 2.43. The summed E-state index contributed by atoms with van der Waals surface area (Å²) in [7, 11) is 0. The summed E-state index contributed by atoms with van der Waals surface area (Å²) in [5, 5.41) is 3.65. The average Bonchev–Trinajstić information content (AvgIpc) is 3.36. The first-order valence-corrected chi connectivity index (χ1v) is 8.28. The molecule has 0 amide bonds. The Morgan fingerprint density at radius 3 is 3.05 bits per heavy atom. The number of anilines is 1. The summed E-state index contributed by atoms with van der Waals surface area (Å²) in [5.41, 5.74) is 0. The second-order valence-corrected chi connectivity index (χ2v) is 6.20. The van der Waals surface area contributed by atoms with Gasteiger partial charge in [0.2, 0.25) is 5.88 Å². The highest BCUT2D eigenvalue weighted by Crippen LogP contribution is 2.24.